The molecule has 3 aromatic rings. The molecule has 30 heavy (non-hydrogen) atoms. The third-order valence-electron chi connectivity index (χ3n) is 5.26. The van der Waals surface area contributed by atoms with Crippen molar-refractivity contribution in [3.05, 3.63) is 59.3 Å². The maximum Gasteiger partial charge on any atom is 0.317 e. The minimum absolute atomic E-state index is 0.0664. The number of benzene rings is 2. The maximum atomic E-state index is 13.0. The number of methoxy groups -OCH3 is 1. The fraction of sp³-hybridized carbons (Fsp3) is 0.318. The van der Waals surface area contributed by atoms with Gasteiger partial charge in [-0.1, -0.05) is 23.8 Å². The first-order valence-electron chi connectivity index (χ1n) is 9.86. The molecule has 3 amide bonds. The van der Waals surface area contributed by atoms with E-state index in [1.165, 1.54) is 11.5 Å². The molecule has 8 heteroatoms. The lowest BCUT2D eigenvalue weighted by Crippen LogP contribution is -2.53. The number of urea groups is 1. The number of hydrogen-bond acceptors (Lipinski definition) is 5. The molecular weight excluding hydrogens is 400 g/mol. The molecule has 2 heterocycles. The van der Waals surface area contributed by atoms with E-state index in [2.05, 4.69) is 9.69 Å². The maximum absolute atomic E-state index is 13.0. The summed E-state index contributed by atoms with van der Waals surface area (Å²) in [6, 6.07) is 13.5. The smallest absolute Gasteiger partial charge is 0.317 e. The largest absolute Gasteiger partial charge is 0.497 e. The van der Waals surface area contributed by atoms with Crippen LogP contribution in [0, 0.1) is 6.92 Å². The van der Waals surface area contributed by atoms with Crippen molar-refractivity contribution in [1.82, 2.24) is 19.5 Å². The second-order valence-corrected chi connectivity index (χ2v) is 8.13. The fourth-order valence-corrected chi connectivity index (χ4v) is 4.29. The highest BCUT2D eigenvalue weighted by atomic mass is 32.1. The third kappa shape index (κ3) is 4.23. The quantitative estimate of drug-likeness (QED) is 0.698. The van der Waals surface area contributed by atoms with Crippen LogP contribution in [0.2, 0.25) is 0 Å². The molecule has 1 fully saturated rings. The predicted octanol–water partition coefficient (Wildman–Crippen LogP) is 3.28. The molecule has 156 valence electrons. The SMILES string of the molecule is COc1cccc(CNC(=O)N2CCN(C(=O)c3nsc4ccc(C)cc34)CC2)c1. The monoisotopic (exact) mass is 424 g/mol. The molecule has 0 radical (unpaired) electrons. The van der Waals surface area contributed by atoms with Crippen LogP contribution in [0.3, 0.4) is 0 Å². The highest BCUT2D eigenvalue weighted by Gasteiger charge is 2.27. The van der Waals surface area contributed by atoms with Gasteiger partial charge < -0.3 is 19.9 Å². The average molecular weight is 425 g/mol. The number of nitrogens with zero attached hydrogens (tertiary/aromatic N) is 3. The van der Waals surface area contributed by atoms with E-state index in [0.29, 0.717) is 38.4 Å². The van der Waals surface area contributed by atoms with Crippen molar-refractivity contribution in [2.45, 2.75) is 13.5 Å². The van der Waals surface area contributed by atoms with Gasteiger partial charge >= 0.3 is 6.03 Å². The highest BCUT2D eigenvalue weighted by molar-refractivity contribution is 7.13. The Kier molecular flexibility index (Phi) is 5.85. The van der Waals surface area contributed by atoms with Gasteiger partial charge in [-0.2, -0.15) is 4.37 Å². The summed E-state index contributed by atoms with van der Waals surface area (Å²) in [5.74, 6) is 0.696. The van der Waals surface area contributed by atoms with Gasteiger partial charge in [0.2, 0.25) is 0 Å². The normalized spacial score (nSPS) is 14.1. The fourth-order valence-electron chi connectivity index (χ4n) is 3.54. The standard InChI is InChI=1S/C22H24N4O3S/c1-15-6-7-19-18(12-15)20(24-30-19)21(27)25-8-10-26(11-9-25)22(28)23-14-16-4-3-5-17(13-16)29-2/h3-7,12-13H,8-11,14H2,1-2H3,(H,23,28). The Bertz CT molecular complexity index is 1070. The minimum Gasteiger partial charge on any atom is -0.497 e. The molecule has 4 rings (SSSR count). The number of aryl methyl sites for hydroxylation is 1. The van der Waals surface area contributed by atoms with Crippen LogP contribution in [0.5, 0.6) is 5.75 Å². The van der Waals surface area contributed by atoms with E-state index in [0.717, 1.165) is 27.0 Å². The summed E-state index contributed by atoms with van der Waals surface area (Å²) in [7, 11) is 1.62. The lowest BCUT2D eigenvalue weighted by Gasteiger charge is -2.34. The van der Waals surface area contributed by atoms with Gasteiger partial charge in [-0.3, -0.25) is 4.79 Å². The van der Waals surface area contributed by atoms with Crippen LogP contribution in [0.25, 0.3) is 10.1 Å². The van der Waals surface area contributed by atoms with Gasteiger partial charge in [0.05, 0.1) is 11.8 Å². The molecule has 0 aliphatic carbocycles. The van der Waals surface area contributed by atoms with Crippen molar-refractivity contribution in [1.29, 1.82) is 0 Å². The number of carbonyl (C=O) groups is 2. The minimum atomic E-state index is -0.125. The molecule has 0 spiro atoms. The van der Waals surface area contributed by atoms with Gasteiger partial charge in [0.1, 0.15) is 11.4 Å². The van der Waals surface area contributed by atoms with E-state index in [1.807, 2.05) is 49.4 Å². The van der Waals surface area contributed by atoms with Crippen LogP contribution in [0.15, 0.2) is 42.5 Å². The van der Waals surface area contributed by atoms with Crippen LogP contribution < -0.4 is 10.1 Å². The third-order valence-corrected chi connectivity index (χ3v) is 6.09. The summed E-state index contributed by atoms with van der Waals surface area (Å²) in [6.45, 7) is 4.42. The number of aromatic nitrogens is 1. The molecule has 0 bridgehead atoms. The number of carbonyl (C=O) groups excluding carboxylic acids is 2. The van der Waals surface area contributed by atoms with Gasteiger partial charge in [0.25, 0.3) is 5.91 Å². The average Bonchev–Trinajstić information content (AvgIpc) is 3.20. The summed E-state index contributed by atoms with van der Waals surface area (Å²) in [6.07, 6.45) is 0. The highest BCUT2D eigenvalue weighted by Crippen LogP contribution is 2.25. The van der Waals surface area contributed by atoms with Gasteiger partial charge in [-0.15, -0.1) is 0 Å². The zero-order valence-corrected chi connectivity index (χ0v) is 17.9. The van der Waals surface area contributed by atoms with Crippen molar-refractivity contribution in [2.75, 3.05) is 33.3 Å². The summed E-state index contributed by atoms with van der Waals surface area (Å²) < 4.78 is 10.6. The van der Waals surface area contributed by atoms with Crippen molar-refractivity contribution in [2.24, 2.45) is 0 Å². The number of hydrogen-bond donors (Lipinski definition) is 1. The molecule has 2 aromatic carbocycles. The Hall–Kier alpha value is -3.13. The number of fused-ring (bicyclic) bond motifs is 1. The van der Waals surface area contributed by atoms with Gasteiger partial charge in [-0.05, 0) is 48.3 Å². The predicted molar refractivity (Wildman–Crippen MR) is 117 cm³/mol. The van der Waals surface area contributed by atoms with Crippen molar-refractivity contribution in [3.63, 3.8) is 0 Å². The van der Waals surface area contributed by atoms with Crippen LogP contribution in [0.4, 0.5) is 4.79 Å². The Morgan fingerprint density at radius 3 is 2.63 bits per heavy atom. The number of amides is 3. The van der Waals surface area contributed by atoms with E-state index >= 15 is 0 Å². The lowest BCUT2D eigenvalue weighted by molar-refractivity contribution is 0.0662. The zero-order valence-electron chi connectivity index (χ0n) is 17.1. The van der Waals surface area contributed by atoms with Gasteiger partial charge in [0.15, 0.2) is 0 Å². The van der Waals surface area contributed by atoms with Crippen molar-refractivity contribution in [3.8, 4) is 5.75 Å². The number of ether oxygens (including phenoxy) is 1. The molecule has 1 aliphatic rings. The van der Waals surface area contributed by atoms with Crippen molar-refractivity contribution >= 4 is 33.6 Å². The summed E-state index contributed by atoms with van der Waals surface area (Å²) in [5.41, 5.74) is 2.59. The Labute approximate surface area is 179 Å². The molecule has 0 saturated carbocycles. The first-order valence-corrected chi connectivity index (χ1v) is 10.6. The van der Waals surface area contributed by atoms with Crippen LogP contribution in [0.1, 0.15) is 21.6 Å². The summed E-state index contributed by atoms with van der Waals surface area (Å²) in [5, 5.41) is 3.85. The van der Waals surface area contributed by atoms with Gasteiger partial charge in [0, 0.05) is 38.1 Å². The number of piperazine rings is 1. The molecule has 1 saturated heterocycles. The Balaban J connectivity index is 1.33. The van der Waals surface area contributed by atoms with Crippen LogP contribution >= 0.6 is 11.5 Å². The van der Waals surface area contributed by atoms with E-state index in [1.54, 1.807) is 16.9 Å². The van der Waals surface area contributed by atoms with E-state index < -0.39 is 0 Å². The summed E-state index contributed by atoms with van der Waals surface area (Å²) in [4.78, 5) is 29.0. The molecular formula is C22H24N4O3S. The second kappa shape index (κ2) is 8.71. The molecule has 0 unspecified atom stereocenters. The lowest BCUT2D eigenvalue weighted by atomic mass is 10.1. The molecule has 1 N–H and O–H groups in total. The molecule has 1 aliphatic heterocycles. The molecule has 0 atom stereocenters. The second-order valence-electron chi connectivity index (χ2n) is 7.32. The molecule has 7 nitrogen and oxygen atoms in total. The Morgan fingerprint density at radius 1 is 1.10 bits per heavy atom. The number of nitrogens with one attached hydrogen (secondary N) is 1. The van der Waals surface area contributed by atoms with E-state index in [9.17, 15) is 9.59 Å². The number of rotatable bonds is 4. The molecule has 1 aromatic heterocycles. The zero-order chi connectivity index (χ0) is 21.1. The summed E-state index contributed by atoms with van der Waals surface area (Å²) >= 11 is 1.35. The first kappa shape index (κ1) is 20.2. The topological polar surface area (TPSA) is 74.8 Å². The van der Waals surface area contributed by atoms with E-state index in [-0.39, 0.29) is 11.9 Å². The van der Waals surface area contributed by atoms with Crippen LogP contribution in [-0.4, -0.2) is 59.4 Å². The van der Waals surface area contributed by atoms with E-state index in [4.69, 9.17) is 4.74 Å². The Morgan fingerprint density at radius 2 is 1.87 bits per heavy atom. The van der Waals surface area contributed by atoms with Crippen LogP contribution in [-0.2, 0) is 6.54 Å². The van der Waals surface area contributed by atoms with Crippen molar-refractivity contribution < 1.29 is 14.3 Å². The first-order chi connectivity index (χ1) is 14.5. The van der Waals surface area contributed by atoms with Gasteiger partial charge in [-0.25, -0.2) is 4.79 Å².